The van der Waals surface area contributed by atoms with Gasteiger partial charge in [0.2, 0.25) is 0 Å². The third kappa shape index (κ3) is 166. The van der Waals surface area contributed by atoms with Crippen LogP contribution in [0.25, 0.3) is 0 Å². The van der Waals surface area contributed by atoms with Gasteiger partial charge in [-0.25, -0.2) is 0 Å². The maximum atomic E-state index is 4.97. The van der Waals surface area contributed by atoms with Gasteiger partial charge in [-0.15, -0.1) is 79.5 Å². The van der Waals surface area contributed by atoms with Crippen molar-refractivity contribution >= 4 is 101 Å². The zero-order valence-corrected chi connectivity index (χ0v) is 19.3. The van der Waals surface area contributed by atoms with E-state index in [9.17, 15) is 0 Å². The van der Waals surface area contributed by atoms with Crippen molar-refractivity contribution in [1.82, 2.24) is 0 Å². The number of rotatable bonds is 0. The van der Waals surface area contributed by atoms with Crippen LogP contribution in [0.2, 0.25) is 0 Å². The molecule has 0 nitrogen and oxygen atoms in total. The molecular weight excluding hydrogens is 402 g/mol. The third-order valence-electron chi connectivity index (χ3n) is 0. The first kappa shape index (κ1) is 36.5. The molecule has 0 aliphatic heterocycles. The number of halogens is 5. The second kappa shape index (κ2) is 18.2. The third-order valence-corrected chi connectivity index (χ3v) is 0. The van der Waals surface area contributed by atoms with E-state index in [1.807, 2.05) is 0 Å². The first-order valence-electron chi connectivity index (χ1n) is 1.91. The van der Waals surface area contributed by atoms with Crippen molar-refractivity contribution in [3.63, 3.8) is 0 Å². The fourth-order valence-corrected chi connectivity index (χ4v) is 0. The van der Waals surface area contributed by atoms with Gasteiger partial charge in [0.15, 0.2) is 0 Å². The molecule has 0 saturated carbocycles. The molecule has 0 fully saturated rings. The molecule has 0 aliphatic carbocycles. The Bertz CT molecular complexity index is 69.1. The molecule has 4 atom stereocenters. The summed E-state index contributed by atoms with van der Waals surface area (Å²) < 4.78 is 0. The Morgan fingerprint density at radius 1 is 0.714 bits per heavy atom. The molecule has 4 unspecified atom stereocenters. The van der Waals surface area contributed by atoms with Crippen molar-refractivity contribution < 1.29 is 50.1 Å². The Hall–Kier alpha value is 5.23. The summed E-state index contributed by atoms with van der Waals surface area (Å²) in [7, 11) is 11.0. The van der Waals surface area contributed by atoms with Crippen molar-refractivity contribution in [3.05, 3.63) is 0 Å². The van der Waals surface area contributed by atoms with E-state index in [1.54, 1.807) is 0 Å². The van der Waals surface area contributed by atoms with Crippen LogP contribution in [-0.4, -0.2) is 12.1 Å². The topological polar surface area (TPSA) is 0 Å². The van der Waals surface area contributed by atoms with Gasteiger partial charge in [-0.1, -0.05) is 0 Å². The monoisotopic (exact) mass is 410 g/mol. The van der Waals surface area contributed by atoms with Crippen LogP contribution >= 0.6 is 89.4 Å². The van der Waals surface area contributed by atoms with Crippen LogP contribution in [0.4, 0.5) is 0 Å². The molecular formula is H10Cl5Li2P5Si2. The Balaban J connectivity index is -0.0000000178. The molecule has 0 N–H and O–H groups in total. The molecule has 80 valence electrons. The predicted molar refractivity (Wildman–Crippen MR) is 83.5 cm³/mol. The Morgan fingerprint density at radius 3 is 0.714 bits per heavy atom. The van der Waals surface area contributed by atoms with Gasteiger partial charge < -0.3 is 22.3 Å². The molecule has 0 radical (unpaired) electrons. The van der Waals surface area contributed by atoms with Crippen LogP contribution in [0.1, 0.15) is 0 Å². The van der Waals surface area contributed by atoms with Crippen LogP contribution in [0.3, 0.4) is 0 Å². The van der Waals surface area contributed by atoms with Crippen LogP contribution < -0.4 is 50.1 Å². The first-order chi connectivity index (χ1) is 4.00. The van der Waals surface area contributed by atoms with Crippen molar-refractivity contribution in [1.29, 1.82) is 0 Å². The van der Waals surface area contributed by atoms with Crippen molar-refractivity contribution in [2.45, 2.75) is 0 Å². The second-order valence-electron chi connectivity index (χ2n) is 1.43. The van der Waals surface area contributed by atoms with E-state index in [1.165, 1.54) is 0 Å². The summed E-state index contributed by atoms with van der Waals surface area (Å²) in [5, 5.41) is -2.72. The summed E-state index contributed by atoms with van der Waals surface area (Å²) in [5.41, 5.74) is 0. The summed E-state index contributed by atoms with van der Waals surface area (Å²) in [6.07, 6.45) is 0. The van der Waals surface area contributed by atoms with Gasteiger partial charge in [0.05, 0.1) is 0 Å². The molecule has 14 heavy (non-hydrogen) atoms. The fourth-order valence-electron chi connectivity index (χ4n) is 0. The van der Waals surface area contributed by atoms with Gasteiger partial charge in [-0.05, 0) is 0 Å². The molecule has 0 heterocycles. The minimum Gasteiger partial charge on any atom is -1.00 e. The fraction of sp³-hybridized carbons (Fsp3) is 0. The molecule has 0 saturated heterocycles. The number of hydrogen-bond acceptors (Lipinski definition) is 0. The Morgan fingerprint density at radius 2 is 0.714 bits per heavy atom. The minimum absolute atomic E-state index is 0. The van der Waals surface area contributed by atoms with Gasteiger partial charge in [-0.2, -0.15) is 0 Å². The molecule has 0 amide bonds. The largest absolute Gasteiger partial charge is 1.00 e. The smallest absolute Gasteiger partial charge is 1.00 e. The average Bonchev–Trinajstić information content (AvgIpc) is 1.12. The van der Waals surface area contributed by atoms with Gasteiger partial charge >= 0.3 is 43.0 Å². The van der Waals surface area contributed by atoms with Crippen LogP contribution in [0.5, 0.6) is 0 Å². The maximum absolute atomic E-state index is 4.97. The molecule has 0 aromatic heterocycles. The predicted octanol–water partition coefficient (Wildman–Crippen LogP) is -5.36. The quantitative estimate of drug-likeness (QED) is 0.212. The summed E-state index contributed by atoms with van der Waals surface area (Å²) in [4.78, 5) is 0. The zero-order chi connectivity index (χ0) is 9.00. The Labute approximate surface area is 149 Å². The van der Waals surface area contributed by atoms with Gasteiger partial charge in [0.25, 0.3) is 0 Å². The van der Waals surface area contributed by atoms with Gasteiger partial charge in [0, 0.05) is 0 Å². The maximum Gasteiger partial charge on any atom is 1.00 e. The molecule has 0 bridgehead atoms. The van der Waals surface area contributed by atoms with E-state index in [0.29, 0.717) is 0 Å². The molecule has 0 aromatic carbocycles. The summed E-state index contributed by atoms with van der Waals surface area (Å²) >= 11 is 19.9. The van der Waals surface area contributed by atoms with E-state index in [0.717, 1.165) is 0 Å². The van der Waals surface area contributed by atoms with E-state index in [-0.39, 0.29) is 60.0 Å². The van der Waals surface area contributed by atoms with Crippen molar-refractivity contribution in [2.24, 2.45) is 0 Å². The summed E-state index contributed by atoms with van der Waals surface area (Å²) in [6.45, 7) is -0.944. The van der Waals surface area contributed by atoms with Crippen molar-refractivity contribution in [3.8, 4) is 0 Å². The first-order valence-corrected chi connectivity index (χ1v) is 17.2. The normalized spacial score (nSPS) is 8.57. The standard InChI is InChI=1S/Cl4Si.ClH.2Li.H8P4Si.H2P/c1-5(2,3)4;;;;1-5(2,3)4;/h;1H;;;1-4H2;1H2/q;;2*+1;;-1/p-1. The van der Waals surface area contributed by atoms with Crippen LogP contribution in [-0.2, 0) is 0 Å². The van der Waals surface area contributed by atoms with Gasteiger partial charge in [0.1, 0.15) is 6.74 Å². The second-order valence-corrected chi connectivity index (χ2v) is 38.6. The molecule has 0 rings (SSSR count). The molecule has 0 spiro atoms. The van der Waals surface area contributed by atoms with Crippen LogP contribution in [0.15, 0.2) is 0 Å². The minimum atomic E-state index is -2.72. The zero-order valence-electron chi connectivity index (χ0n) is 7.78. The van der Waals surface area contributed by atoms with E-state index in [4.69, 9.17) is 44.3 Å². The van der Waals surface area contributed by atoms with Gasteiger partial charge in [-0.3, -0.25) is 0 Å². The van der Waals surface area contributed by atoms with E-state index < -0.39 is 12.1 Å². The van der Waals surface area contributed by atoms with Crippen LogP contribution in [0, 0.1) is 0 Å². The molecule has 14 heteroatoms. The van der Waals surface area contributed by atoms with Crippen molar-refractivity contribution in [2.75, 3.05) is 0 Å². The summed E-state index contributed by atoms with van der Waals surface area (Å²) in [6, 6.07) is 0. The van der Waals surface area contributed by atoms with E-state index in [2.05, 4.69) is 35.2 Å². The molecule has 0 aromatic rings. The average molecular weight is 412 g/mol. The Kier molecular flexibility index (Phi) is 47.5. The molecule has 0 aliphatic rings. The SMILES string of the molecule is Cl[Si](Cl)(Cl)Cl.P[Si](P)(P)P.[Cl-].[Li+].[Li+].[PH2-]. The van der Waals surface area contributed by atoms with E-state index >= 15 is 0 Å². The summed E-state index contributed by atoms with van der Waals surface area (Å²) in [5.74, 6) is 0. The number of hydrogen-bond donors (Lipinski definition) is 0.